The maximum Gasteiger partial charge on any atom is 0.289 e. The Morgan fingerprint density at radius 2 is 2.05 bits per heavy atom. The molecule has 0 unspecified atom stereocenters. The number of nitrogens with zero attached hydrogens (tertiary/aromatic N) is 3. The van der Waals surface area contributed by atoms with Gasteiger partial charge in [0.25, 0.3) is 5.91 Å². The van der Waals surface area contributed by atoms with Crippen LogP contribution in [0.15, 0.2) is 41.3 Å². The predicted octanol–water partition coefficient (Wildman–Crippen LogP) is 1.22. The van der Waals surface area contributed by atoms with Crippen molar-refractivity contribution in [3.8, 4) is 0 Å². The van der Waals surface area contributed by atoms with E-state index >= 15 is 0 Å². The second-order valence-electron chi connectivity index (χ2n) is 4.69. The van der Waals surface area contributed by atoms with Crippen molar-refractivity contribution in [3.05, 3.63) is 42.6 Å². The highest BCUT2D eigenvalue weighted by molar-refractivity contribution is 5.91. The number of carbonyl (C=O) groups excluding carboxylic acids is 1. The molecule has 2 aromatic rings. The van der Waals surface area contributed by atoms with Crippen molar-refractivity contribution in [2.24, 2.45) is 0 Å². The molecule has 6 nitrogen and oxygen atoms in total. The Bertz CT molecular complexity index is 589. The molecule has 1 aliphatic rings. The number of nitrogen functional groups attached to an aromatic ring is 1. The standard InChI is InChI=1S/C14H16N4O2/c15-11-10-16-4-3-12(11)17-5-7-18(8-6-17)14(19)13-2-1-9-20-13/h1-4,9-10H,5-8,15H2. The zero-order valence-electron chi connectivity index (χ0n) is 11.0. The molecule has 0 radical (unpaired) electrons. The average Bonchev–Trinajstić information content (AvgIpc) is 3.01. The molecule has 1 aliphatic heterocycles. The third-order valence-corrected chi connectivity index (χ3v) is 3.47. The number of furan rings is 1. The number of hydrogen-bond acceptors (Lipinski definition) is 5. The van der Waals surface area contributed by atoms with E-state index < -0.39 is 0 Å². The third-order valence-electron chi connectivity index (χ3n) is 3.47. The lowest BCUT2D eigenvalue weighted by atomic mass is 10.2. The van der Waals surface area contributed by atoms with E-state index in [1.807, 2.05) is 6.07 Å². The molecule has 20 heavy (non-hydrogen) atoms. The van der Waals surface area contributed by atoms with E-state index in [4.69, 9.17) is 10.2 Å². The fraction of sp³-hybridized carbons (Fsp3) is 0.286. The Morgan fingerprint density at radius 1 is 1.25 bits per heavy atom. The van der Waals surface area contributed by atoms with Gasteiger partial charge >= 0.3 is 0 Å². The van der Waals surface area contributed by atoms with Gasteiger partial charge in [-0.1, -0.05) is 0 Å². The summed E-state index contributed by atoms with van der Waals surface area (Å²) >= 11 is 0. The van der Waals surface area contributed by atoms with E-state index in [2.05, 4.69) is 9.88 Å². The molecule has 3 heterocycles. The zero-order chi connectivity index (χ0) is 13.9. The van der Waals surface area contributed by atoms with E-state index in [-0.39, 0.29) is 5.91 Å². The molecule has 0 bridgehead atoms. The highest BCUT2D eigenvalue weighted by atomic mass is 16.3. The Balaban J connectivity index is 1.65. The number of carbonyl (C=O) groups is 1. The molecule has 2 N–H and O–H groups in total. The highest BCUT2D eigenvalue weighted by Gasteiger charge is 2.24. The molecule has 0 saturated carbocycles. The van der Waals surface area contributed by atoms with Crippen molar-refractivity contribution in [1.82, 2.24) is 9.88 Å². The minimum absolute atomic E-state index is 0.0580. The van der Waals surface area contributed by atoms with Crippen LogP contribution in [0.2, 0.25) is 0 Å². The van der Waals surface area contributed by atoms with Crippen molar-refractivity contribution in [3.63, 3.8) is 0 Å². The van der Waals surface area contributed by atoms with Crippen LogP contribution in [0.3, 0.4) is 0 Å². The van der Waals surface area contributed by atoms with Gasteiger partial charge in [-0.05, 0) is 18.2 Å². The summed E-state index contributed by atoms with van der Waals surface area (Å²) in [6.45, 7) is 2.81. The van der Waals surface area contributed by atoms with Crippen LogP contribution in [0.25, 0.3) is 0 Å². The lowest BCUT2D eigenvalue weighted by molar-refractivity contribution is 0.0715. The Labute approximate surface area is 116 Å². The summed E-state index contributed by atoms with van der Waals surface area (Å²) in [5.74, 6) is 0.333. The largest absolute Gasteiger partial charge is 0.459 e. The second kappa shape index (κ2) is 5.24. The SMILES string of the molecule is Nc1cnccc1N1CCN(C(=O)c2ccco2)CC1. The third kappa shape index (κ3) is 2.32. The van der Waals surface area contributed by atoms with Crippen LogP contribution in [0.1, 0.15) is 10.6 Å². The fourth-order valence-electron chi connectivity index (χ4n) is 2.39. The van der Waals surface area contributed by atoms with Gasteiger partial charge in [0.2, 0.25) is 0 Å². The number of piperazine rings is 1. The molecular weight excluding hydrogens is 256 g/mol. The number of rotatable bonds is 2. The van der Waals surface area contributed by atoms with E-state index in [0.29, 0.717) is 24.5 Å². The minimum atomic E-state index is -0.0580. The predicted molar refractivity (Wildman–Crippen MR) is 75.5 cm³/mol. The summed E-state index contributed by atoms with van der Waals surface area (Å²) < 4.78 is 5.15. The maximum atomic E-state index is 12.1. The van der Waals surface area contributed by atoms with Crippen LogP contribution in [0.4, 0.5) is 11.4 Å². The number of pyridine rings is 1. The van der Waals surface area contributed by atoms with Crippen molar-refractivity contribution >= 4 is 17.3 Å². The molecule has 3 rings (SSSR count). The Kier molecular flexibility index (Phi) is 3.28. The van der Waals surface area contributed by atoms with Crippen LogP contribution < -0.4 is 10.6 Å². The van der Waals surface area contributed by atoms with Gasteiger partial charge in [0, 0.05) is 32.4 Å². The molecule has 0 aromatic carbocycles. The molecule has 1 fully saturated rings. The van der Waals surface area contributed by atoms with E-state index in [0.717, 1.165) is 18.8 Å². The normalized spacial score (nSPS) is 15.4. The van der Waals surface area contributed by atoms with Crippen molar-refractivity contribution in [2.45, 2.75) is 0 Å². The van der Waals surface area contributed by atoms with Crippen LogP contribution in [-0.4, -0.2) is 42.0 Å². The first-order chi connectivity index (χ1) is 9.75. The smallest absolute Gasteiger partial charge is 0.289 e. The lowest BCUT2D eigenvalue weighted by Crippen LogP contribution is -2.48. The molecule has 2 aromatic heterocycles. The fourth-order valence-corrected chi connectivity index (χ4v) is 2.39. The summed E-state index contributed by atoms with van der Waals surface area (Å²) in [6, 6.07) is 5.32. The summed E-state index contributed by atoms with van der Waals surface area (Å²) in [5, 5.41) is 0. The Morgan fingerprint density at radius 3 is 2.70 bits per heavy atom. The van der Waals surface area contributed by atoms with Crippen molar-refractivity contribution in [1.29, 1.82) is 0 Å². The molecule has 104 valence electrons. The molecular formula is C14H16N4O2. The van der Waals surface area contributed by atoms with Gasteiger partial charge in [-0.15, -0.1) is 0 Å². The Hall–Kier alpha value is -2.50. The molecule has 0 spiro atoms. The minimum Gasteiger partial charge on any atom is -0.459 e. The summed E-state index contributed by atoms with van der Waals surface area (Å²) in [5.41, 5.74) is 7.57. The number of hydrogen-bond donors (Lipinski definition) is 1. The molecule has 1 saturated heterocycles. The van der Waals surface area contributed by atoms with E-state index in [1.54, 1.807) is 29.4 Å². The van der Waals surface area contributed by atoms with Crippen LogP contribution >= 0.6 is 0 Å². The first-order valence-corrected chi connectivity index (χ1v) is 6.53. The number of amides is 1. The van der Waals surface area contributed by atoms with Gasteiger partial charge in [-0.2, -0.15) is 0 Å². The number of aromatic nitrogens is 1. The number of anilines is 2. The van der Waals surface area contributed by atoms with Gasteiger partial charge < -0.3 is 20.0 Å². The molecule has 6 heteroatoms. The van der Waals surface area contributed by atoms with E-state index in [9.17, 15) is 4.79 Å². The van der Waals surface area contributed by atoms with Gasteiger partial charge in [-0.3, -0.25) is 9.78 Å². The van der Waals surface area contributed by atoms with Gasteiger partial charge in [0.15, 0.2) is 5.76 Å². The second-order valence-corrected chi connectivity index (χ2v) is 4.69. The van der Waals surface area contributed by atoms with Gasteiger partial charge in [0.1, 0.15) is 0 Å². The van der Waals surface area contributed by atoms with E-state index in [1.165, 1.54) is 6.26 Å². The van der Waals surface area contributed by atoms with Crippen LogP contribution in [-0.2, 0) is 0 Å². The topological polar surface area (TPSA) is 75.6 Å². The summed E-state index contributed by atoms with van der Waals surface area (Å²) in [7, 11) is 0. The zero-order valence-corrected chi connectivity index (χ0v) is 11.0. The average molecular weight is 272 g/mol. The molecule has 0 aliphatic carbocycles. The van der Waals surface area contributed by atoms with Crippen LogP contribution in [0.5, 0.6) is 0 Å². The van der Waals surface area contributed by atoms with Gasteiger partial charge in [0.05, 0.1) is 23.8 Å². The summed E-state index contributed by atoms with van der Waals surface area (Å²) in [4.78, 5) is 20.1. The van der Waals surface area contributed by atoms with Crippen molar-refractivity contribution < 1.29 is 9.21 Å². The highest BCUT2D eigenvalue weighted by Crippen LogP contribution is 2.22. The van der Waals surface area contributed by atoms with Crippen LogP contribution in [0, 0.1) is 0 Å². The maximum absolute atomic E-state index is 12.1. The summed E-state index contributed by atoms with van der Waals surface area (Å²) in [6.07, 6.45) is 4.89. The van der Waals surface area contributed by atoms with Gasteiger partial charge in [-0.25, -0.2) is 0 Å². The first-order valence-electron chi connectivity index (χ1n) is 6.53. The first kappa shape index (κ1) is 12.5. The van der Waals surface area contributed by atoms with Crippen molar-refractivity contribution in [2.75, 3.05) is 36.8 Å². The molecule has 1 amide bonds. The monoisotopic (exact) mass is 272 g/mol. The lowest BCUT2D eigenvalue weighted by Gasteiger charge is -2.36. The molecule has 0 atom stereocenters. The quantitative estimate of drug-likeness (QED) is 0.889. The number of nitrogens with two attached hydrogens (primary N) is 1.